The van der Waals surface area contributed by atoms with Gasteiger partial charge in [-0.2, -0.15) is 5.26 Å². The average Bonchev–Trinajstić information content (AvgIpc) is 2.88. The van der Waals surface area contributed by atoms with Crippen molar-refractivity contribution in [1.29, 1.82) is 5.26 Å². The Kier molecular flexibility index (Phi) is 7.94. The fourth-order valence-electron chi connectivity index (χ4n) is 4.02. The smallest absolute Gasteiger partial charge is 0.273 e. The maximum Gasteiger partial charge on any atom is 0.273 e. The van der Waals surface area contributed by atoms with Crippen LogP contribution in [0.3, 0.4) is 0 Å². The molecule has 0 radical (unpaired) electrons. The van der Waals surface area contributed by atoms with Gasteiger partial charge in [0.05, 0.1) is 30.8 Å². The van der Waals surface area contributed by atoms with Crippen LogP contribution in [0.4, 0.5) is 17.3 Å². The van der Waals surface area contributed by atoms with Gasteiger partial charge in [-0.3, -0.25) is 4.79 Å². The first kappa shape index (κ1) is 22.8. The van der Waals surface area contributed by atoms with E-state index < -0.39 is 0 Å². The first-order valence-corrected chi connectivity index (χ1v) is 11.4. The predicted molar refractivity (Wildman–Crippen MR) is 122 cm³/mol. The second-order valence-electron chi connectivity index (χ2n) is 8.31. The summed E-state index contributed by atoms with van der Waals surface area (Å²) in [6.45, 7) is 3.40. The zero-order valence-electron chi connectivity index (χ0n) is 18.5. The molecule has 174 valence electrons. The summed E-state index contributed by atoms with van der Waals surface area (Å²) >= 11 is 0. The molecule has 4 N–H and O–H groups in total. The zero-order valence-corrected chi connectivity index (χ0v) is 18.5. The molecule has 33 heavy (non-hydrogen) atoms. The summed E-state index contributed by atoms with van der Waals surface area (Å²) in [7, 11) is 0. The van der Waals surface area contributed by atoms with Crippen LogP contribution >= 0.6 is 0 Å². The SMILES string of the molecule is N#Cc1cnc(Nc2cc(NCC3CNCCO3)c(C(=O)NCC3CCCCC3)nn2)cn1. The number of carbonyl (C=O) groups is 1. The van der Waals surface area contributed by atoms with E-state index in [0.29, 0.717) is 42.9 Å². The van der Waals surface area contributed by atoms with E-state index in [0.717, 1.165) is 25.9 Å². The predicted octanol–water partition coefficient (Wildman–Crippen LogP) is 1.59. The maximum atomic E-state index is 12.9. The summed E-state index contributed by atoms with van der Waals surface area (Å²) in [5.74, 6) is 1.10. The van der Waals surface area contributed by atoms with E-state index in [1.807, 2.05) is 6.07 Å². The summed E-state index contributed by atoms with van der Waals surface area (Å²) in [5, 5.41) is 29.9. The van der Waals surface area contributed by atoms with Crippen molar-refractivity contribution in [2.24, 2.45) is 5.92 Å². The highest BCUT2D eigenvalue weighted by molar-refractivity contribution is 5.97. The molecule has 4 rings (SSSR count). The number of ether oxygens (including phenoxy) is 1. The Morgan fingerprint density at radius 3 is 2.76 bits per heavy atom. The third-order valence-electron chi connectivity index (χ3n) is 5.83. The molecule has 11 nitrogen and oxygen atoms in total. The lowest BCUT2D eigenvalue weighted by Gasteiger charge is -2.25. The Morgan fingerprint density at radius 1 is 1.15 bits per heavy atom. The molecule has 1 aliphatic carbocycles. The minimum Gasteiger partial charge on any atom is -0.380 e. The van der Waals surface area contributed by atoms with Crippen LogP contribution in [-0.4, -0.2) is 65.0 Å². The molecular formula is C22H29N9O2. The largest absolute Gasteiger partial charge is 0.380 e. The van der Waals surface area contributed by atoms with Crippen molar-refractivity contribution in [2.75, 3.05) is 43.4 Å². The van der Waals surface area contributed by atoms with Gasteiger partial charge in [0, 0.05) is 32.2 Å². The average molecular weight is 452 g/mol. The number of nitriles is 1. The first-order valence-electron chi connectivity index (χ1n) is 11.4. The van der Waals surface area contributed by atoms with E-state index in [4.69, 9.17) is 10.00 Å². The van der Waals surface area contributed by atoms with Crippen LogP contribution in [0.2, 0.25) is 0 Å². The van der Waals surface area contributed by atoms with Crippen LogP contribution in [0.1, 0.15) is 48.3 Å². The lowest BCUT2D eigenvalue weighted by Crippen LogP contribution is -2.42. The van der Waals surface area contributed by atoms with Gasteiger partial charge in [-0.05, 0) is 18.8 Å². The van der Waals surface area contributed by atoms with Gasteiger partial charge >= 0.3 is 0 Å². The highest BCUT2D eigenvalue weighted by Crippen LogP contribution is 2.23. The van der Waals surface area contributed by atoms with Gasteiger partial charge in [0.25, 0.3) is 5.91 Å². The lowest BCUT2D eigenvalue weighted by molar-refractivity contribution is 0.0372. The highest BCUT2D eigenvalue weighted by atomic mass is 16.5. The van der Waals surface area contributed by atoms with E-state index >= 15 is 0 Å². The van der Waals surface area contributed by atoms with E-state index in [1.54, 1.807) is 6.07 Å². The quantitative estimate of drug-likeness (QED) is 0.466. The molecule has 3 heterocycles. The molecule has 1 saturated heterocycles. The van der Waals surface area contributed by atoms with Gasteiger partial charge in [-0.1, -0.05) is 19.3 Å². The number of nitrogens with zero attached hydrogens (tertiary/aromatic N) is 5. The van der Waals surface area contributed by atoms with E-state index in [9.17, 15) is 4.79 Å². The fourth-order valence-corrected chi connectivity index (χ4v) is 4.02. The Bertz CT molecular complexity index is 965. The number of nitrogens with one attached hydrogen (secondary N) is 4. The standard InChI is InChI=1S/C22H29N9O2/c23-9-16-11-27-20(14-25-16)29-19-8-18(26-13-17-12-24-6-7-33-17)21(31-30-19)22(32)28-10-15-4-2-1-3-5-15/h8,11,14-15,17,24H,1-7,10,12-13H2,(H,28,32)(H2,26,27,29,30). The Morgan fingerprint density at radius 2 is 2.03 bits per heavy atom. The van der Waals surface area contributed by atoms with Gasteiger partial charge in [0.1, 0.15) is 11.9 Å². The molecule has 1 aliphatic heterocycles. The van der Waals surface area contributed by atoms with Crippen LogP contribution in [0, 0.1) is 17.2 Å². The summed E-state index contributed by atoms with van der Waals surface area (Å²) < 4.78 is 5.75. The number of rotatable bonds is 8. The number of anilines is 3. The second-order valence-corrected chi connectivity index (χ2v) is 8.31. The van der Waals surface area contributed by atoms with Crippen LogP contribution in [0.25, 0.3) is 0 Å². The molecule has 0 spiro atoms. The number of aromatic nitrogens is 4. The highest BCUT2D eigenvalue weighted by Gasteiger charge is 2.20. The van der Waals surface area contributed by atoms with Crippen molar-refractivity contribution in [3.8, 4) is 6.07 Å². The van der Waals surface area contributed by atoms with Crippen LogP contribution in [0.5, 0.6) is 0 Å². The monoisotopic (exact) mass is 451 g/mol. The lowest BCUT2D eigenvalue weighted by atomic mass is 9.89. The van der Waals surface area contributed by atoms with Crippen LogP contribution in [-0.2, 0) is 4.74 Å². The fraction of sp³-hybridized carbons (Fsp3) is 0.545. The Hall–Kier alpha value is -3.36. The number of morpholine rings is 1. The van der Waals surface area contributed by atoms with E-state index in [2.05, 4.69) is 41.4 Å². The van der Waals surface area contributed by atoms with Gasteiger partial charge in [-0.25, -0.2) is 9.97 Å². The van der Waals surface area contributed by atoms with Gasteiger partial charge in [-0.15, -0.1) is 10.2 Å². The molecule has 2 aromatic heterocycles. The van der Waals surface area contributed by atoms with Crippen LogP contribution in [0.15, 0.2) is 18.5 Å². The minimum atomic E-state index is -0.247. The molecule has 2 fully saturated rings. The summed E-state index contributed by atoms with van der Waals surface area (Å²) in [5.41, 5.74) is 1.02. The van der Waals surface area contributed by atoms with Crippen molar-refractivity contribution >= 4 is 23.2 Å². The van der Waals surface area contributed by atoms with Crippen LogP contribution < -0.4 is 21.3 Å². The number of carbonyl (C=O) groups excluding carboxylic acids is 1. The summed E-state index contributed by atoms with van der Waals surface area (Å²) in [6.07, 6.45) is 8.83. The van der Waals surface area contributed by atoms with Gasteiger partial charge in [0.15, 0.2) is 17.2 Å². The van der Waals surface area contributed by atoms with Gasteiger partial charge in [0.2, 0.25) is 0 Å². The third-order valence-corrected chi connectivity index (χ3v) is 5.83. The molecule has 1 saturated carbocycles. The van der Waals surface area contributed by atoms with Crippen molar-refractivity contribution in [3.05, 3.63) is 29.8 Å². The van der Waals surface area contributed by atoms with E-state index in [1.165, 1.54) is 31.7 Å². The summed E-state index contributed by atoms with van der Waals surface area (Å²) in [6, 6.07) is 3.65. The maximum absolute atomic E-state index is 12.9. The first-order chi connectivity index (χ1) is 16.2. The second kappa shape index (κ2) is 11.5. The Balaban J connectivity index is 1.46. The van der Waals surface area contributed by atoms with Crippen molar-refractivity contribution < 1.29 is 9.53 Å². The minimum absolute atomic E-state index is 0.00846. The molecule has 2 aromatic rings. The molecule has 0 aromatic carbocycles. The van der Waals surface area contributed by atoms with E-state index in [-0.39, 0.29) is 23.4 Å². The Labute approximate surface area is 192 Å². The molecule has 0 bridgehead atoms. The molecule has 2 aliphatic rings. The molecule has 1 unspecified atom stereocenters. The number of amides is 1. The molecule has 1 atom stereocenters. The molecule has 11 heteroatoms. The molecule has 1 amide bonds. The summed E-state index contributed by atoms with van der Waals surface area (Å²) in [4.78, 5) is 21.1. The van der Waals surface area contributed by atoms with Crippen molar-refractivity contribution in [1.82, 2.24) is 30.8 Å². The van der Waals surface area contributed by atoms with Gasteiger partial charge < -0.3 is 26.0 Å². The third kappa shape index (κ3) is 6.57. The number of hydrogen-bond acceptors (Lipinski definition) is 10. The number of hydrogen-bond donors (Lipinski definition) is 4. The van der Waals surface area contributed by atoms with Crippen molar-refractivity contribution in [2.45, 2.75) is 38.2 Å². The molecular weight excluding hydrogens is 422 g/mol. The van der Waals surface area contributed by atoms with Crippen molar-refractivity contribution in [3.63, 3.8) is 0 Å². The topological polar surface area (TPSA) is 150 Å². The zero-order chi connectivity index (χ0) is 22.9. The normalized spacial score (nSPS) is 18.8.